The van der Waals surface area contributed by atoms with E-state index in [0.29, 0.717) is 16.8 Å². The third kappa shape index (κ3) is 2.37. The van der Waals surface area contributed by atoms with Crippen molar-refractivity contribution in [1.29, 1.82) is 0 Å². The molecule has 21 heavy (non-hydrogen) atoms. The summed E-state index contributed by atoms with van der Waals surface area (Å²) in [5.74, 6) is -3.22. The summed E-state index contributed by atoms with van der Waals surface area (Å²) in [5, 5.41) is 2.58. The van der Waals surface area contributed by atoms with Gasteiger partial charge >= 0.3 is 0 Å². The van der Waals surface area contributed by atoms with Gasteiger partial charge in [-0.05, 0) is 24.3 Å². The van der Waals surface area contributed by atoms with E-state index in [1.807, 2.05) is 0 Å². The van der Waals surface area contributed by atoms with Gasteiger partial charge in [-0.15, -0.1) is 0 Å². The third-order valence-electron chi connectivity index (χ3n) is 2.98. The highest BCUT2D eigenvalue weighted by molar-refractivity contribution is 5.79. The fraction of sp³-hybridized carbons (Fsp3) is 0.0714. The number of halogens is 3. The van der Waals surface area contributed by atoms with E-state index in [1.54, 1.807) is 18.2 Å². The average Bonchev–Trinajstić information content (AvgIpc) is 2.89. The Balaban J connectivity index is 1.96. The van der Waals surface area contributed by atoms with Crippen LogP contribution in [0.15, 0.2) is 30.3 Å². The number of benzene rings is 2. The van der Waals surface area contributed by atoms with Gasteiger partial charge in [-0.1, -0.05) is 0 Å². The first-order valence-corrected chi connectivity index (χ1v) is 6.03. The van der Waals surface area contributed by atoms with E-state index >= 15 is 0 Å². The molecule has 0 fully saturated rings. The molecule has 108 valence electrons. The summed E-state index contributed by atoms with van der Waals surface area (Å²) < 4.78 is 44.7. The Kier molecular flexibility index (Phi) is 3.17. The van der Waals surface area contributed by atoms with E-state index in [9.17, 15) is 13.2 Å². The summed E-state index contributed by atoms with van der Waals surface area (Å²) in [6.07, 6.45) is 0. The van der Waals surface area contributed by atoms with Gasteiger partial charge < -0.3 is 15.0 Å². The molecule has 4 nitrogen and oxygen atoms in total. The van der Waals surface area contributed by atoms with Crippen molar-refractivity contribution < 1.29 is 17.9 Å². The molecule has 0 saturated carbocycles. The number of hydrogen-bond acceptors (Lipinski definition) is 3. The zero-order valence-electron chi connectivity index (χ0n) is 10.9. The van der Waals surface area contributed by atoms with Gasteiger partial charge in [-0.25, -0.2) is 18.2 Å². The second-order valence-electron chi connectivity index (χ2n) is 4.32. The summed E-state index contributed by atoms with van der Waals surface area (Å²) in [6, 6.07) is 7.10. The topological polar surface area (TPSA) is 49.9 Å². The Labute approximate surface area is 117 Å². The highest BCUT2D eigenvalue weighted by Crippen LogP contribution is 2.25. The lowest BCUT2D eigenvalue weighted by molar-refractivity contribution is 0.415. The van der Waals surface area contributed by atoms with Crippen molar-refractivity contribution in [2.75, 3.05) is 12.4 Å². The first-order valence-electron chi connectivity index (χ1n) is 6.03. The fourth-order valence-corrected chi connectivity index (χ4v) is 1.92. The molecule has 0 radical (unpaired) electrons. The number of anilines is 2. The number of nitrogens with zero attached hydrogens (tertiary/aromatic N) is 1. The quantitative estimate of drug-likeness (QED) is 0.723. The smallest absolute Gasteiger partial charge is 0.205 e. The molecule has 0 spiro atoms. The van der Waals surface area contributed by atoms with Crippen molar-refractivity contribution in [2.45, 2.75) is 0 Å². The first kappa shape index (κ1) is 13.3. The van der Waals surface area contributed by atoms with Crippen LogP contribution in [0.5, 0.6) is 5.75 Å². The Morgan fingerprint density at radius 1 is 1.10 bits per heavy atom. The number of ether oxygens (including phenoxy) is 1. The predicted octanol–water partition coefficient (Wildman–Crippen LogP) is 3.73. The van der Waals surface area contributed by atoms with E-state index in [2.05, 4.69) is 15.3 Å². The van der Waals surface area contributed by atoms with Gasteiger partial charge in [-0.3, -0.25) is 0 Å². The number of methoxy groups -OCH3 is 1. The molecule has 3 aromatic rings. The minimum atomic E-state index is -1.53. The lowest BCUT2D eigenvalue weighted by atomic mass is 10.3. The molecule has 0 unspecified atom stereocenters. The molecule has 0 saturated heterocycles. The minimum absolute atomic E-state index is 0.208. The Morgan fingerprint density at radius 3 is 2.67 bits per heavy atom. The number of fused-ring (bicyclic) bond motifs is 1. The van der Waals surface area contributed by atoms with Crippen LogP contribution < -0.4 is 10.1 Å². The van der Waals surface area contributed by atoms with E-state index in [4.69, 9.17) is 4.74 Å². The number of nitrogens with one attached hydrogen (secondary N) is 2. The number of H-pyrrole nitrogens is 1. The summed E-state index contributed by atoms with van der Waals surface area (Å²) in [5.41, 5.74) is 1.08. The maximum atomic E-state index is 13.6. The van der Waals surface area contributed by atoms with Crippen LogP contribution in [0, 0.1) is 17.5 Å². The standard InChI is InChI=1S/C14H10F3N3O/c1-21-7-2-4-9-11(6-7)20-14(18-9)19-10-5-3-8(15)12(16)13(10)17/h2-6H,1H3,(H2,18,19,20). The van der Waals surface area contributed by atoms with Gasteiger partial charge in [-0.2, -0.15) is 0 Å². The highest BCUT2D eigenvalue weighted by Gasteiger charge is 2.14. The molecular weight excluding hydrogens is 283 g/mol. The molecule has 3 rings (SSSR count). The Morgan fingerprint density at radius 2 is 1.90 bits per heavy atom. The molecule has 7 heteroatoms. The molecule has 1 aromatic heterocycles. The van der Waals surface area contributed by atoms with E-state index in [1.165, 1.54) is 7.11 Å². The van der Waals surface area contributed by atoms with Gasteiger partial charge in [0.25, 0.3) is 0 Å². The fourth-order valence-electron chi connectivity index (χ4n) is 1.92. The molecule has 0 aliphatic heterocycles. The maximum absolute atomic E-state index is 13.6. The van der Waals surface area contributed by atoms with E-state index in [-0.39, 0.29) is 11.6 Å². The Hall–Kier alpha value is -2.70. The molecule has 0 aliphatic rings. The van der Waals surface area contributed by atoms with Crippen molar-refractivity contribution in [3.63, 3.8) is 0 Å². The van der Waals surface area contributed by atoms with Crippen LogP contribution in [-0.2, 0) is 0 Å². The largest absolute Gasteiger partial charge is 0.497 e. The molecule has 0 atom stereocenters. The van der Waals surface area contributed by atoms with Gasteiger partial charge in [0, 0.05) is 6.07 Å². The van der Waals surface area contributed by atoms with Crippen molar-refractivity contribution in [1.82, 2.24) is 9.97 Å². The molecule has 0 bridgehead atoms. The maximum Gasteiger partial charge on any atom is 0.205 e. The van der Waals surface area contributed by atoms with Crippen molar-refractivity contribution in [3.8, 4) is 5.75 Å². The van der Waals surface area contributed by atoms with E-state index < -0.39 is 17.5 Å². The second kappa shape index (κ2) is 5.01. The van der Waals surface area contributed by atoms with Crippen LogP contribution >= 0.6 is 0 Å². The molecule has 2 N–H and O–H groups in total. The zero-order chi connectivity index (χ0) is 15.0. The number of hydrogen-bond donors (Lipinski definition) is 2. The summed E-state index contributed by atoms with van der Waals surface area (Å²) in [4.78, 5) is 7.07. The van der Waals surface area contributed by atoms with Gasteiger partial charge in [0.15, 0.2) is 17.5 Å². The van der Waals surface area contributed by atoms with Crippen LogP contribution in [0.2, 0.25) is 0 Å². The number of imidazole rings is 1. The molecule has 1 heterocycles. The number of rotatable bonds is 3. The van der Waals surface area contributed by atoms with Gasteiger partial charge in [0.2, 0.25) is 5.95 Å². The molecule has 0 amide bonds. The number of aromatic amines is 1. The summed E-state index contributed by atoms with van der Waals surface area (Å²) in [6.45, 7) is 0. The lowest BCUT2D eigenvalue weighted by Crippen LogP contribution is -1.99. The normalized spacial score (nSPS) is 10.9. The van der Waals surface area contributed by atoms with Crippen molar-refractivity contribution in [2.24, 2.45) is 0 Å². The lowest BCUT2D eigenvalue weighted by Gasteiger charge is -2.05. The summed E-state index contributed by atoms with van der Waals surface area (Å²) >= 11 is 0. The van der Waals surface area contributed by atoms with Gasteiger partial charge in [0.05, 0.1) is 23.8 Å². The van der Waals surface area contributed by atoms with Crippen LogP contribution in [0.25, 0.3) is 11.0 Å². The SMILES string of the molecule is COc1ccc2nc(Nc3ccc(F)c(F)c3F)[nH]c2c1. The second-order valence-corrected chi connectivity index (χ2v) is 4.32. The first-order chi connectivity index (χ1) is 10.1. The number of aromatic nitrogens is 2. The highest BCUT2D eigenvalue weighted by atomic mass is 19.2. The van der Waals surface area contributed by atoms with Crippen LogP contribution in [0.1, 0.15) is 0 Å². The average molecular weight is 293 g/mol. The monoisotopic (exact) mass is 293 g/mol. The third-order valence-corrected chi connectivity index (χ3v) is 2.98. The minimum Gasteiger partial charge on any atom is -0.497 e. The Bertz CT molecular complexity index is 817. The predicted molar refractivity (Wildman–Crippen MR) is 72.2 cm³/mol. The molecular formula is C14H10F3N3O. The van der Waals surface area contributed by atoms with E-state index in [0.717, 1.165) is 12.1 Å². The van der Waals surface area contributed by atoms with Crippen molar-refractivity contribution in [3.05, 3.63) is 47.8 Å². The summed E-state index contributed by atoms with van der Waals surface area (Å²) in [7, 11) is 1.54. The van der Waals surface area contributed by atoms with Crippen LogP contribution in [0.4, 0.5) is 24.8 Å². The van der Waals surface area contributed by atoms with Crippen molar-refractivity contribution >= 4 is 22.7 Å². The molecule has 0 aliphatic carbocycles. The van der Waals surface area contributed by atoms with Gasteiger partial charge in [0.1, 0.15) is 5.75 Å². The zero-order valence-corrected chi connectivity index (χ0v) is 10.9. The molecule has 2 aromatic carbocycles. The van der Waals surface area contributed by atoms with Crippen LogP contribution in [0.3, 0.4) is 0 Å². The van der Waals surface area contributed by atoms with Crippen LogP contribution in [-0.4, -0.2) is 17.1 Å².